The van der Waals surface area contributed by atoms with Gasteiger partial charge in [0.25, 0.3) is 0 Å². The van der Waals surface area contributed by atoms with Crippen molar-refractivity contribution in [2.24, 2.45) is 5.92 Å². The maximum Gasteiger partial charge on any atom is 0.237 e. The Morgan fingerprint density at radius 1 is 1.33 bits per heavy atom. The molecule has 0 aliphatic rings. The van der Waals surface area contributed by atoms with Gasteiger partial charge in [-0.1, -0.05) is 13.8 Å². The fraction of sp³-hybridized carbons (Fsp3) is 0.571. The summed E-state index contributed by atoms with van der Waals surface area (Å²) in [6, 6.07) is 1.27. The molecule has 0 bridgehead atoms. The number of aromatic nitrogens is 1. The summed E-state index contributed by atoms with van der Waals surface area (Å²) in [5.41, 5.74) is 0.553. The Morgan fingerprint density at radius 3 is 2.57 bits per heavy atom. The predicted molar refractivity (Wildman–Crippen MR) is 78.5 cm³/mol. The fourth-order valence-corrected chi connectivity index (χ4v) is 3.21. The summed E-state index contributed by atoms with van der Waals surface area (Å²) < 4.78 is 38.9. The van der Waals surface area contributed by atoms with Crippen molar-refractivity contribution < 1.29 is 17.6 Å². The van der Waals surface area contributed by atoms with Gasteiger partial charge in [-0.15, -0.1) is 0 Å². The molecule has 0 aliphatic heterocycles. The van der Waals surface area contributed by atoms with Crippen molar-refractivity contribution in [3.8, 4) is 0 Å². The molecule has 1 aromatic heterocycles. The molecule has 7 heteroatoms. The molecule has 0 radical (unpaired) electrons. The van der Waals surface area contributed by atoms with Crippen molar-refractivity contribution in [1.82, 2.24) is 9.71 Å². The lowest BCUT2D eigenvalue weighted by Gasteiger charge is -2.15. The van der Waals surface area contributed by atoms with E-state index in [9.17, 15) is 17.6 Å². The molecular weight excluding hydrogens is 295 g/mol. The van der Waals surface area contributed by atoms with E-state index >= 15 is 0 Å². The molecule has 21 heavy (non-hydrogen) atoms. The van der Waals surface area contributed by atoms with E-state index in [0.717, 1.165) is 6.20 Å². The standard InChI is InChI=1S/C14H21FN2O3S/c1-10(2)6-11(3)21(19,20)17-14(18)5-4-12-7-13(15)9-16-8-12/h7-11H,4-6H2,1-3H3,(H,17,18). The Kier molecular flexibility index (Phi) is 6.26. The van der Waals surface area contributed by atoms with E-state index in [1.165, 1.54) is 12.3 Å². The number of carbonyl (C=O) groups excluding carboxylic acids is 1. The van der Waals surface area contributed by atoms with Crippen molar-refractivity contribution >= 4 is 15.9 Å². The van der Waals surface area contributed by atoms with E-state index in [-0.39, 0.29) is 18.8 Å². The number of pyridine rings is 1. The first-order valence-electron chi connectivity index (χ1n) is 6.84. The largest absolute Gasteiger partial charge is 0.274 e. The normalized spacial score (nSPS) is 13.2. The second kappa shape index (κ2) is 7.49. The Morgan fingerprint density at radius 2 is 2.00 bits per heavy atom. The van der Waals surface area contributed by atoms with Gasteiger partial charge in [0.2, 0.25) is 15.9 Å². The van der Waals surface area contributed by atoms with Crippen LogP contribution < -0.4 is 4.72 Å². The molecule has 0 aromatic carbocycles. The van der Waals surface area contributed by atoms with E-state index in [4.69, 9.17) is 0 Å². The minimum atomic E-state index is -3.66. The molecule has 1 amide bonds. The molecule has 1 aromatic rings. The average Bonchev–Trinajstić information content (AvgIpc) is 2.35. The van der Waals surface area contributed by atoms with Crippen LogP contribution in [0.5, 0.6) is 0 Å². The molecular formula is C14H21FN2O3S. The molecule has 1 unspecified atom stereocenters. The highest BCUT2D eigenvalue weighted by Crippen LogP contribution is 2.11. The smallest absolute Gasteiger partial charge is 0.237 e. The van der Waals surface area contributed by atoms with E-state index < -0.39 is 27.0 Å². The molecule has 0 saturated carbocycles. The number of nitrogens with one attached hydrogen (secondary N) is 1. The summed E-state index contributed by atoms with van der Waals surface area (Å²) in [4.78, 5) is 15.4. The molecule has 0 fully saturated rings. The van der Waals surface area contributed by atoms with Crippen LogP contribution in [0.2, 0.25) is 0 Å². The second-order valence-corrected chi connectivity index (χ2v) is 7.62. The first kappa shape index (κ1) is 17.6. The number of hydrogen-bond donors (Lipinski definition) is 1. The van der Waals surface area contributed by atoms with Gasteiger partial charge < -0.3 is 0 Å². The van der Waals surface area contributed by atoms with E-state index in [1.807, 2.05) is 13.8 Å². The highest BCUT2D eigenvalue weighted by atomic mass is 32.2. The summed E-state index contributed by atoms with van der Waals surface area (Å²) in [6.45, 7) is 5.42. The van der Waals surface area contributed by atoms with Gasteiger partial charge in [-0.3, -0.25) is 14.5 Å². The zero-order valence-electron chi connectivity index (χ0n) is 12.5. The lowest BCUT2D eigenvalue weighted by Crippen LogP contribution is -2.37. The Balaban J connectivity index is 2.53. The Hall–Kier alpha value is -1.50. The second-order valence-electron chi connectivity index (χ2n) is 5.52. The van der Waals surface area contributed by atoms with Gasteiger partial charge in [0.15, 0.2) is 0 Å². The molecule has 1 atom stereocenters. The summed E-state index contributed by atoms with van der Waals surface area (Å²) in [5.74, 6) is -0.842. The van der Waals surface area contributed by atoms with Crippen molar-refractivity contribution in [2.75, 3.05) is 0 Å². The number of halogens is 1. The van der Waals surface area contributed by atoms with Crippen LogP contribution in [0, 0.1) is 11.7 Å². The molecule has 118 valence electrons. The lowest BCUT2D eigenvalue weighted by atomic mass is 10.1. The maximum atomic E-state index is 12.9. The summed E-state index contributed by atoms with van der Waals surface area (Å²) in [5, 5.41) is -0.628. The minimum absolute atomic E-state index is 0.0290. The van der Waals surface area contributed by atoms with Crippen LogP contribution in [0.25, 0.3) is 0 Å². The van der Waals surface area contributed by atoms with Crippen LogP contribution in [0.1, 0.15) is 39.2 Å². The van der Waals surface area contributed by atoms with Crippen molar-refractivity contribution in [1.29, 1.82) is 0 Å². The zero-order valence-corrected chi connectivity index (χ0v) is 13.3. The molecule has 0 spiro atoms. The van der Waals surface area contributed by atoms with Gasteiger partial charge >= 0.3 is 0 Å². The third-order valence-electron chi connectivity index (χ3n) is 2.99. The van der Waals surface area contributed by atoms with Gasteiger partial charge in [0, 0.05) is 12.6 Å². The minimum Gasteiger partial charge on any atom is -0.274 e. The monoisotopic (exact) mass is 316 g/mol. The molecule has 1 N–H and O–H groups in total. The average molecular weight is 316 g/mol. The highest BCUT2D eigenvalue weighted by Gasteiger charge is 2.23. The van der Waals surface area contributed by atoms with Crippen LogP contribution in [-0.2, 0) is 21.2 Å². The van der Waals surface area contributed by atoms with Crippen molar-refractivity contribution in [3.63, 3.8) is 0 Å². The molecule has 1 heterocycles. The van der Waals surface area contributed by atoms with Crippen LogP contribution >= 0.6 is 0 Å². The van der Waals surface area contributed by atoms with Crippen LogP contribution in [-0.4, -0.2) is 24.6 Å². The topological polar surface area (TPSA) is 76.1 Å². The van der Waals surface area contributed by atoms with Crippen LogP contribution in [0.4, 0.5) is 4.39 Å². The fourth-order valence-electron chi connectivity index (χ4n) is 1.95. The Bertz CT molecular complexity index is 588. The predicted octanol–water partition coefficient (Wildman–Crippen LogP) is 2.03. The first-order chi connectivity index (χ1) is 9.70. The number of aryl methyl sites for hydroxylation is 1. The molecule has 1 rings (SSSR count). The summed E-state index contributed by atoms with van der Waals surface area (Å²) in [6.07, 6.45) is 3.22. The number of hydrogen-bond acceptors (Lipinski definition) is 4. The van der Waals surface area contributed by atoms with Crippen molar-refractivity contribution in [3.05, 3.63) is 29.8 Å². The quantitative estimate of drug-likeness (QED) is 0.835. The SMILES string of the molecule is CC(C)CC(C)S(=O)(=O)NC(=O)CCc1cncc(F)c1. The number of sulfonamides is 1. The van der Waals surface area contributed by atoms with E-state index in [0.29, 0.717) is 12.0 Å². The lowest BCUT2D eigenvalue weighted by molar-refractivity contribution is -0.119. The number of nitrogens with zero attached hydrogens (tertiary/aromatic N) is 1. The number of carbonyl (C=O) groups is 1. The van der Waals surface area contributed by atoms with Gasteiger partial charge in [-0.2, -0.15) is 0 Å². The molecule has 5 nitrogen and oxygen atoms in total. The summed E-state index contributed by atoms with van der Waals surface area (Å²) >= 11 is 0. The first-order valence-corrected chi connectivity index (χ1v) is 8.39. The van der Waals surface area contributed by atoms with Crippen LogP contribution in [0.15, 0.2) is 18.5 Å². The summed E-state index contributed by atoms with van der Waals surface area (Å²) in [7, 11) is -3.66. The van der Waals surface area contributed by atoms with E-state index in [2.05, 4.69) is 9.71 Å². The zero-order chi connectivity index (χ0) is 16.0. The number of rotatable bonds is 7. The third kappa shape index (κ3) is 6.20. The molecule has 0 saturated heterocycles. The highest BCUT2D eigenvalue weighted by molar-refractivity contribution is 7.90. The van der Waals surface area contributed by atoms with Crippen LogP contribution in [0.3, 0.4) is 0 Å². The Labute approximate surface area is 125 Å². The molecule has 0 aliphatic carbocycles. The van der Waals surface area contributed by atoms with Gasteiger partial charge in [-0.25, -0.2) is 12.8 Å². The van der Waals surface area contributed by atoms with Crippen molar-refractivity contribution in [2.45, 2.75) is 45.3 Å². The van der Waals surface area contributed by atoms with Gasteiger partial charge in [-0.05, 0) is 37.3 Å². The van der Waals surface area contributed by atoms with E-state index in [1.54, 1.807) is 6.92 Å². The van der Waals surface area contributed by atoms with Gasteiger partial charge in [0.1, 0.15) is 5.82 Å². The van der Waals surface area contributed by atoms with Gasteiger partial charge in [0.05, 0.1) is 11.4 Å². The maximum absolute atomic E-state index is 12.9. The third-order valence-corrected chi connectivity index (χ3v) is 4.76. The number of amides is 1.